The number of halogens is 2. The number of imide groups is 1. The maximum absolute atomic E-state index is 13.1. The van der Waals surface area contributed by atoms with Crippen molar-refractivity contribution in [3.05, 3.63) is 127 Å². The smallest absolute Gasteiger partial charge is 0.338 e. The van der Waals surface area contributed by atoms with Crippen LogP contribution >= 0.6 is 23.2 Å². The summed E-state index contributed by atoms with van der Waals surface area (Å²) in [6.45, 7) is -0.0928. The maximum atomic E-state index is 13.1. The van der Waals surface area contributed by atoms with E-state index >= 15 is 0 Å². The van der Waals surface area contributed by atoms with Gasteiger partial charge in [-0.05, 0) is 60.2 Å². The highest BCUT2D eigenvalue weighted by atomic mass is 35.5. The molecule has 1 aliphatic rings. The molecule has 0 spiro atoms. The molecule has 9 nitrogen and oxygen atoms in total. The number of non-ortho nitro benzene ring substituents is 1. The van der Waals surface area contributed by atoms with Gasteiger partial charge < -0.3 is 9.47 Å². The largest absolute Gasteiger partial charge is 0.457 e. The van der Waals surface area contributed by atoms with Gasteiger partial charge in [-0.3, -0.25) is 19.7 Å². The number of nitrogens with zero attached hydrogens (tertiary/aromatic N) is 2. The Kier molecular flexibility index (Phi) is 7.02. The van der Waals surface area contributed by atoms with Crippen LogP contribution in [-0.2, 0) is 11.3 Å². The molecule has 0 saturated heterocycles. The summed E-state index contributed by atoms with van der Waals surface area (Å²) in [6.07, 6.45) is 0. The molecule has 1 heterocycles. The maximum Gasteiger partial charge on any atom is 0.338 e. The van der Waals surface area contributed by atoms with Gasteiger partial charge in [-0.25, -0.2) is 9.69 Å². The van der Waals surface area contributed by atoms with Gasteiger partial charge in [0.15, 0.2) is 0 Å². The van der Waals surface area contributed by atoms with Gasteiger partial charge in [0.25, 0.3) is 17.5 Å². The molecule has 0 fully saturated rings. The van der Waals surface area contributed by atoms with Gasteiger partial charge in [0, 0.05) is 12.1 Å². The molecule has 0 atom stereocenters. The van der Waals surface area contributed by atoms with Crippen LogP contribution < -0.4 is 9.64 Å². The first kappa shape index (κ1) is 25.9. The number of anilines is 1. The van der Waals surface area contributed by atoms with Gasteiger partial charge in [0.1, 0.15) is 18.1 Å². The number of nitro groups is 1. The third kappa shape index (κ3) is 5.18. The van der Waals surface area contributed by atoms with Crippen LogP contribution in [-0.4, -0.2) is 22.7 Å². The molecule has 0 bridgehead atoms. The number of fused-ring (bicyclic) bond motifs is 1. The third-order valence-electron chi connectivity index (χ3n) is 5.85. The van der Waals surface area contributed by atoms with E-state index < -0.39 is 22.7 Å². The number of carbonyl (C=O) groups is 3. The highest BCUT2D eigenvalue weighted by Gasteiger charge is 2.38. The lowest BCUT2D eigenvalue weighted by Gasteiger charge is -2.15. The Morgan fingerprint density at radius 3 is 2.31 bits per heavy atom. The van der Waals surface area contributed by atoms with Crippen molar-refractivity contribution in [1.29, 1.82) is 0 Å². The number of nitro benzene ring substituents is 1. The molecule has 0 N–H and O–H groups in total. The highest BCUT2D eigenvalue weighted by Crippen LogP contribution is 2.37. The lowest BCUT2D eigenvalue weighted by Crippen LogP contribution is -2.29. The van der Waals surface area contributed by atoms with Gasteiger partial charge in [-0.2, -0.15) is 0 Å². The fourth-order valence-electron chi connectivity index (χ4n) is 3.95. The number of ether oxygens (including phenoxy) is 2. The van der Waals surface area contributed by atoms with Crippen LogP contribution in [0.2, 0.25) is 10.0 Å². The summed E-state index contributed by atoms with van der Waals surface area (Å²) in [7, 11) is 0. The van der Waals surface area contributed by atoms with Crippen molar-refractivity contribution in [2.75, 3.05) is 4.90 Å². The summed E-state index contributed by atoms with van der Waals surface area (Å²) in [6, 6.07) is 21.1. The third-order valence-corrected chi connectivity index (χ3v) is 6.65. The SMILES string of the molecule is O=C(OCc1cccc(Oc2ccc([N+](=O)[O-])cc2)c1)c1ccc2c(c1)C(=O)N(c1cccc(Cl)c1Cl)C2=O. The van der Waals surface area contributed by atoms with Crippen LogP contribution in [0.1, 0.15) is 36.6 Å². The van der Waals surface area contributed by atoms with E-state index in [-0.39, 0.29) is 44.7 Å². The summed E-state index contributed by atoms with van der Waals surface area (Å²) < 4.78 is 11.1. The molecule has 0 saturated carbocycles. The summed E-state index contributed by atoms with van der Waals surface area (Å²) >= 11 is 12.3. The number of carbonyl (C=O) groups excluding carboxylic acids is 3. The molecule has 4 aromatic carbocycles. The Morgan fingerprint density at radius 1 is 0.846 bits per heavy atom. The number of benzene rings is 4. The first-order valence-corrected chi connectivity index (χ1v) is 12.1. The van der Waals surface area contributed by atoms with Gasteiger partial charge in [0.05, 0.1) is 37.3 Å². The Bertz CT molecular complexity index is 1650. The summed E-state index contributed by atoms with van der Waals surface area (Å²) in [4.78, 5) is 50.0. The van der Waals surface area contributed by atoms with E-state index in [0.29, 0.717) is 17.1 Å². The topological polar surface area (TPSA) is 116 Å². The van der Waals surface area contributed by atoms with E-state index in [2.05, 4.69) is 0 Å². The average Bonchev–Trinajstić information content (AvgIpc) is 3.18. The van der Waals surface area contributed by atoms with Crippen LogP contribution in [0.15, 0.2) is 84.9 Å². The Balaban J connectivity index is 1.27. The predicted octanol–water partition coefficient (Wildman–Crippen LogP) is 6.85. The fourth-order valence-corrected chi connectivity index (χ4v) is 4.33. The molecule has 39 heavy (non-hydrogen) atoms. The standard InChI is InChI=1S/C28H16Cl2N2O7/c29-23-5-2-6-24(25(23)30)31-26(33)21-12-7-17(14-22(21)27(31)34)28(35)38-15-16-3-1-4-20(13-16)39-19-10-8-18(9-11-19)32(36)37/h1-14H,15H2. The van der Waals surface area contributed by atoms with E-state index in [0.717, 1.165) is 4.90 Å². The van der Waals surface area contributed by atoms with E-state index in [4.69, 9.17) is 32.7 Å². The van der Waals surface area contributed by atoms with Crippen LogP contribution in [0.5, 0.6) is 11.5 Å². The van der Waals surface area contributed by atoms with Crippen molar-refractivity contribution >= 4 is 52.4 Å². The minimum absolute atomic E-state index is 0.0454. The number of esters is 1. The lowest BCUT2D eigenvalue weighted by molar-refractivity contribution is -0.384. The quantitative estimate of drug-likeness (QED) is 0.104. The summed E-state index contributed by atoms with van der Waals surface area (Å²) in [5, 5.41) is 11.1. The van der Waals surface area contributed by atoms with Gasteiger partial charge in [0.2, 0.25) is 0 Å². The van der Waals surface area contributed by atoms with Crippen molar-refractivity contribution in [3.8, 4) is 11.5 Å². The van der Waals surface area contributed by atoms with Crippen molar-refractivity contribution in [3.63, 3.8) is 0 Å². The second kappa shape index (κ2) is 10.6. The van der Waals surface area contributed by atoms with Gasteiger partial charge >= 0.3 is 5.97 Å². The number of amides is 2. The number of hydrogen-bond acceptors (Lipinski definition) is 7. The molecule has 11 heteroatoms. The zero-order chi connectivity index (χ0) is 27.7. The van der Waals surface area contributed by atoms with Crippen LogP contribution in [0.4, 0.5) is 11.4 Å². The van der Waals surface area contributed by atoms with Gasteiger partial charge in [-0.15, -0.1) is 0 Å². The average molecular weight is 563 g/mol. The zero-order valence-electron chi connectivity index (χ0n) is 19.8. The van der Waals surface area contributed by atoms with Crippen molar-refractivity contribution in [2.45, 2.75) is 6.61 Å². The first-order valence-electron chi connectivity index (χ1n) is 11.4. The molecule has 194 valence electrons. The second-order valence-corrected chi connectivity index (χ2v) is 9.14. The van der Waals surface area contributed by atoms with Crippen molar-refractivity contribution in [1.82, 2.24) is 0 Å². The minimum Gasteiger partial charge on any atom is -0.457 e. The molecule has 0 aliphatic carbocycles. The van der Waals surface area contributed by atoms with Crippen LogP contribution in [0.25, 0.3) is 0 Å². The Hall–Kier alpha value is -4.73. The van der Waals surface area contributed by atoms with E-state index in [1.165, 1.54) is 54.6 Å². The molecule has 4 aromatic rings. The fraction of sp³-hybridized carbons (Fsp3) is 0.0357. The van der Waals surface area contributed by atoms with Crippen LogP contribution in [0, 0.1) is 10.1 Å². The molecular weight excluding hydrogens is 547 g/mol. The first-order chi connectivity index (χ1) is 18.7. The molecule has 5 rings (SSSR count). The molecule has 2 amide bonds. The number of rotatable bonds is 7. The highest BCUT2D eigenvalue weighted by molar-refractivity contribution is 6.46. The zero-order valence-corrected chi connectivity index (χ0v) is 21.3. The Morgan fingerprint density at radius 2 is 1.56 bits per heavy atom. The number of hydrogen-bond donors (Lipinski definition) is 0. The van der Waals surface area contributed by atoms with E-state index in [1.807, 2.05) is 0 Å². The lowest BCUT2D eigenvalue weighted by atomic mass is 10.1. The molecule has 1 aliphatic heterocycles. The molecule has 0 radical (unpaired) electrons. The second-order valence-electron chi connectivity index (χ2n) is 8.36. The summed E-state index contributed by atoms with van der Waals surface area (Å²) in [5.74, 6) is -1.06. The molecule has 0 unspecified atom stereocenters. The van der Waals surface area contributed by atoms with Gasteiger partial charge in [-0.1, -0.05) is 41.4 Å². The van der Waals surface area contributed by atoms with Crippen molar-refractivity contribution < 1.29 is 28.8 Å². The van der Waals surface area contributed by atoms with Crippen molar-refractivity contribution in [2.24, 2.45) is 0 Å². The molecule has 0 aromatic heterocycles. The van der Waals surface area contributed by atoms with Crippen LogP contribution in [0.3, 0.4) is 0 Å². The molecular formula is C28H16Cl2N2O7. The monoisotopic (exact) mass is 562 g/mol. The van der Waals surface area contributed by atoms with E-state index in [1.54, 1.807) is 30.3 Å². The normalized spacial score (nSPS) is 12.3. The predicted molar refractivity (Wildman–Crippen MR) is 143 cm³/mol. The minimum atomic E-state index is -0.695. The Labute approximate surface area is 231 Å². The van der Waals surface area contributed by atoms with E-state index in [9.17, 15) is 24.5 Å². The summed E-state index contributed by atoms with van der Waals surface area (Å²) in [5.41, 5.74) is 0.980.